The quantitative estimate of drug-likeness (QED) is 0.370. The number of hydrogen-bond acceptors (Lipinski definition) is 4. The molecule has 0 saturated heterocycles. The van der Waals surface area contributed by atoms with E-state index in [0.29, 0.717) is 0 Å². The Balaban J connectivity index is 3.61. The van der Waals surface area contributed by atoms with Gasteiger partial charge in [-0.3, -0.25) is 10.2 Å². The normalized spacial score (nSPS) is 10.5. The number of carbonyl (C=O) groups is 1. The van der Waals surface area contributed by atoms with Gasteiger partial charge in [-0.15, -0.1) is 0 Å². The van der Waals surface area contributed by atoms with Crippen molar-refractivity contribution in [2.75, 3.05) is 6.54 Å². The molecule has 0 bridgehead atoms. The highest BCUT2D eigenvalue weighted by molar-refractivity contribution is 5.72. The van der Waals surface area contributed by atoms with Gasteiger partial charge in [0, 0.05) is 6.72 Å². The first-order valence-electron chi connectivity index (χ1n) is 3.36. The monoisotopic (exact) mass is 158 g/mol. The zero-order chi connectivity index (χ0) is 8.91. The van der Waals surface area contributed by atoms with E-state index in [2.05, 4.69) is 17.2 Å². The third-order valence-corrected chi connectivity index (χ3v) is 0.755. The number of hydrogen-bond donors (Lipinski definition) is 1. The van der Waals surface area contributed by atoms with E-state index >= 15 is 0 Å². The number of hydrazone groups is 1. The number of carbonyl (C=O) groups excluding carboxylic acids is 1. The third kappa shape index (κ3) is 6.83. The van der Waals surface area contributed by atoms with Crippen LogP contribution in [0.4, 0.5) is 0 Å². The second-order valence-electron chi connectivity index (χ2n) is 3.08. The number of esters is 1. The molecule has 0 heterocycles. The average molecular weight is 158 g/mol. The average Bonchev–Trinajstić information content (AvgIpc) is 1.79. The summed E-state index contributed by atoms with van der Waals surface area (Å²) in [6.07, 6.45) is 0. The second-order valence-corrected chi connectivity index (χ2v) is 3.08. The molecule has 4 nitrogen and oxygen atoms in total. The Bertz CT molecular complexity index is 149. The molecular formula is C7H14N2O2. The Hall–Kier alpha value is -1.06. The predicted molar refractivity (Wildman–Crippen MR) is 43.4 cm³/mol. The molecule has 0 rings (SSSR count). The standard InChI is InChI=1S/C7H14N2O2/c1-7(2,3)11-6(10)5-9-8-4/h9H,4-5H2,1-3H3. The van der Waals surface area contributed by atoms with Crippen molar-refractivity contribution >= 4 is 12.7 Å². The van der Waals surface area contributed by atoms with Crippen molar-refractivity contribution in [3.05, 3.63) is 0 Å². The smallest absolute Gasteiger partial charge is 0.327 e. The van der Waals surface area contributed by atoms with Gasteiger partial charge >= 0.3 is 5.97 Å². The summed E-state index contributed by atoms with van der Waals surface area (Å²) in [5.41, 5.74) is 1.98. The highest BCUT2D eigenvalue weighted by atomic mass is 16.6. The zero-order valence-electron chi connectivity index (χ0n) is 7.18. The third-order valence-electron chi connectivity index (χ3n) is 0.755. The molecule has 0 radical (unpaired) electrons. The Labute approximate surface area is 66.6 Å². The van der Waals surface area contributed by atoms with Crippen molar-refractivity contribution in [1.82, 2.24) is 5.43 Å². The molecule has 0 aromatic rings. The lowest BCUT2D eigenvalue weighted by Gasteiger charge is -2.18. The maximum Gasteiger partial charge on any atom is 0.327 e. The molecule has 0 spiro atoms. The summed E-state index contributed by atoms with van der Waals surface area (Å²) in [7, 11) is 0. The van der Waals surface area contributed by atoms with Crippen LogP contribution in [0.1, 0.15) is 20.8 Å². The Morgan fingerprint density at radius 3 is 2.55 bits per heavy atom. The summed E-state index contributed by atoms with van der Waals surface area (Å²) < 4.78 is 4.95. The van der Waals surface area contributed by atoms with E-state index < -0.39 is 5.60 Å². The Kier molecular flexibility index (Phi) is 3.57. The molecule has 0 aliphatic heterocycles. The van der Waals surface area contributed by atoms with Crippen molar-refractivity contribution in [2.24, 2.45) is 5.10 Å². The molecule has 11 heavy (non-hydrogen) atoms. The minimum Gasteiger partial charge on any atom is -0.459 e. The summed E-state index contributed by atoms with van der Waals surface area (Å²) in [6, 6.07) is 0. The minimum absolute atomic E-state index is 0.0702. The van der Waals surface area contributed by atoms with Crippen LogP contribution in [0.15, 0.2) is 5.10 Å². The molecule has 0 fully saturated rings. The minimum atomic E-state index is -0.431. The van der Waals surface area contributed by atoms with E-state index in [9.17, 15) is 4.79 Å². The first-order valence-corrected chi connectivity index (χ1v) is 3.36. The van der Waals surface area contributed by atoms with Gasteiger partial charge in [-0.25, -0.2) is 0 Å². The highest BCUT2D eigenvalue weighted by Gasteiger charge is 2.15. The van der Waals surface area contributed by atoms with Gasteiger partial charge in [-0.2, -0.15) is 5.10 Å². The number of rotatable bonds is 3. The number of nitrogens with zero attached hydrogens (tertiary/aromatic N) is 1. The van der Waals surface area contributed by atoms with E-state index in [1.165, 1.54) is 0 Å². The van der Waals surface area contributed by atoms with E-state index in [4.69, 9.17) is 4.74 Å². The van der Waals surface area contributed by atoms with Gasteiger partial charge < -0.3 is 4.74 Å². The van der Waals surface area contributed by atoms with Crippen LogP contribution >= 0.6 is 0 Å². The fourth-order valence-corrected chi connectivity index (χ4v) is 0.498. The maximum atomic E-state index is 10.8. The number of ether oxygens (including phenoxy) is 1. The Morgan fingerprint density at radius 2 is 2.18 bits per heavy atom. The van der Waals surface area contributed by atoms with Gasteiger partial charge in [0.2, 0.25) is 0 Å². The van der Waals surface area contributed by atoms with Gasteiger partial charge in [0.15, 0.2) is 0 Å². The largest absolute Gasteiger partial charge is 0.459 e. The lowest BCUT2D eigenvalue weighted by Crippen LogP contribution is -2.29. The van der Waals surface area contributed by atoms with Crippen LogP contribution in [-0.4, -0.2) is 24.8 Å². The van der Waals surface area contributed by atoms with Crippen LogP contribution in [-0.2, 0) is 9.53 Å². The van der Waals surface area contributed by atoms with Crippen LogP contribution in [0.5, 0.6) is 0 Å². The lowest BCUT2D eigenvalue weighted by atomic mass is 10.2. The van der Waals surface area contributed by atoms with Crippen molar-refractivity contribution in [1.29, 1.82) is 0 Å². The van der Waals surface area contributed by atoms with Crippen LogP contribution in [0.2, 0.25) is 0 Å². The van der Waals surface area contributed by atoms with Crippen LogP contribution in [0.25, 0.3) is 0 Å². The fourth-order valence-electron chi connectivity index (χ4n) is 0.498. The summed E-state index contributed by atoms with van der Waals surface area (Å²) in [4.78, 5) is 10.8. The second kappa shape index (κ2) is 3.95. The molecule has 0 aliphatic rings. The summed E-state index contributed by atoms with van der Waals surface area (Å²) in [5.74, 6) is -0.329. The fraction of sp³-hybridized carbons (Fsp3) is 0.714. The first-order chi connectivity index (χ1) is 4.95. The van der Waals surface area contributed by atoms with Crippen molar-refractivity contribution < 1.29 is 9.53 Å². The maximum absolute atomic E-state index is 10.8. The molecule has 0 atom stereocenters. The van der Waals surface area contributed by atoms with Gasteiger partial charge in [0.1, 0.15) is 12.1 Å². The lowest BCUT2D eigenvalue weighted by molar-refractivity contribution is -0.153. The summed E-state index contributed by atoms with van der Waals surface area (Å²) >= 11 is 0. The van der Waals surface area contributed by atoms with E-state index in [1.807, 2.05) is 20.8 Å². The van der Waals surface area contributed by atoms with Gasteiger partial charge in [-0.1, -0.05) is 0 Å². The topological polar surface area (TPSA) is 50.7 Å². The molecule has 0 aromatic heterocycles. The Morgan fingerprint density at radius 1 is 1.64 bits per heavy atom. The van der Waals surface area contributed by atoms with Gasteiger partial charge in [-0.05, 0) is 20.8 Å². The molecule has 0 saturated carbocycles. The molecule has 0 amide bonds. The van der Waals surface area contributed by atoms with Crippen molar-refractivity contribution in [3.8, 4) is 0 Å². The van der Waals surface area contributed by atoms with Gasteiger partial charge in [0.25, 0.3) is 0 Å². The zero-order valence-corrected chi connectivity index (χ0v) is 7.18. The van der Waals surface area contributed by atoms with E-state index in [1.54, 1.807) is 0 Å². The molecule has 1 N–H and O–H groups in total. The first kappa shape index (κ1) is 9.94. The van der Waals surface area contributed by atoms with Crippen LogP contribution in [0, 0.1) is 0 Å². The van der Waals surface area contributed by atoms with Crippen LogP contribution < -0.4 is 5.43 Å². The van der Waals surface area contributed by atoms with E-state index in [-0.39, 0.29) is 12.5 Å². The number of nitrogens with one attached hydrogen (secondary N) is 1. The summed E-state index contributed by atoms with van der Waals surface area (Å²) in [5, 5.41) is 3.30. The molecule has 0 aliphatic carbocycles. The molecule has 0 aromatic carbocycles. The van der Waals surface area contributed by atoms with Crippen molar-refractivity contribution in [3.63, 3.8) is 0 Å². The molecule has 64 valence electrons. The predicted octanol–water partition coefficient (Wildman–Crippen LogP) is 0.533. The molecule has 0 unspecified atom stereocenters. The SMILES string of the molecule is C=NNCC(=O)OC(C)(C)C. The van der Waals surface area contributed by atoms with Crippen molar-refractivity contribution in [2.45, 2.75) is 26.4 Å². The van der Waals surface area contributed by atoms with E-state index in [0.717, 1.165) is 0 Å². The molecular weight excluding hydrogens is 144 g/mol. The molecule has 4 heteroatoms. The summed E-state index contributed by atoms with van der Waals surface area (Å²) in [6.45, 7) is 8.67. The highest BCUT2D eigenvalue weighted by Crippen LogP contribution is 2.05. The van der Waals surface area contributed by atoms with Crippen LogP contribution in [0.3, 0.4) is 0 Å². The van der Waals surface area contributed by atoms with Gasteiger partial charge in [0.05, 0.1) is 0 Å².